The third-order valence-corrected chi connectivity index (χ3v) is 4.34. The number of thiazole rings is 1. The highest BCUT2D eigenvalue weighted by atomic mass is 32.1. The number of nitro benzene ring substituents is 2. The zero-order valence-electron chi connectivity index (χ0n) is 13.2. The molecule has 2 aromatic carbocycles. The molecular weight excluding hydrogens is 364 g/mol. The summed E-state index contributed by atoms with van der Waals surface area (Å²) in [4.78, 5) is 36.9. The number of fused-ring (bicyclic) bond motifs is 1. The predicted octanol–water partition coefficient (Wildman–Crippen LogP) is 3.37. The highest BCUT2D eigenvalue weighted by Gasteiger charge is 2.21. The Morgan fingerprint density at radius 3 is 2.38 bits per heavy atom. The molecule has 0 fully saturated rings. The van der Waals surface area contributed by atoms with Gasteiger partial charge in [-0.1, -0.05) is 17.4 Å². The standard InChI is InChI=1S/C15H10N4O6S/c1-25-11-3-2-4-12-13(11)16-15(26-12)17-14(20)8-5-9(18(21)22)7-10(6-8)19(23)24/h2-7H,1H3,(H,16,17,20). The molecule has 3 rings (SSSR count). The van der Waals surface area contributed by atoms with Crippen LogP contribution in [0, 0.1) is 20.2 Å². The lowest BCUT2D eigenvalue weighted by atomic mass is 10.1. The molecular formula is C15H10N4O6S. The maximum absolute atomic E-state index is 12.4. The van der Waals surface area contributed by atoms with Crippen LogP contribution in [0.25, 0.3) is 10.2 Å². The fraction of sp³-hybridized carbons (Fsp3) is 0.0667. The van der Waals surface area contributed by atoms with Gasteiger partial charge in [0.1, 0.15) is 11.3 Å². The van der Waals surface area contributed by atoms with E-state index >= 15 is 0 Å². The Balaban J connectivity index is 1.95. The van der Waals surface area contributed by atoms with Gasteiger partial charge in [0.2, 0.25) is 0 Å². The van der Waals surface area contributed by atoms with Crippen LogP contribution in [-0.4, -0.2) is 27.8 Å². The van der Waals surface area contributed by atoms with Gasteiger partial charge in [-0.2, -0.15) is 0 Å². The third kappa shape index (κ3) is 3.28. The summed E-state index contributed by atoms with van der Waals surface area (Å²) in [5.41, 5.74) is -0.747. The van der Waals surface area contributed by atoms with Crippen LogP contribution in [0.1, 0.15) is 10.4 Å². The van der Waals surface area contributed by atoms with E-state index in [-0.39, 0.29) is 10.7 Å². The molecule has 1 aromatic heterocycles. The first-order valence-electron chi connectivity index (χ1n) is 7.08. The highest BCUT2D eigenvalue weighted by Crippen LogP contribution is 2.32. The fourth-order valence-electron chi connectivity index (χ4n) is 2.25. The maximum Gasteiger partial charge on any atom is 0.277 e. The molecule has 0 saturated carbocycles. The van der Waals surface area contributed by atoms with Crippen molar-refractivity contribution in [2.24, 2.45) is 0 Å². The Kier molecular flexibility index (Phi) is 4.45. The zero-order valence-corrected chi connectivity index (χ0v) is 14.0. The molecule has 10 nitrogen and oxygen atoms in total. The van der Waals surface area contributed by atoms with E-state index in [1.165, 1.54) is 18.4 Å². The summed E-state index contributed by atoms with van der Waals surface area (Å²) in [5.74, 6) is -0.208. The number of methoxy groups -OCH3 is 1. The molecule has 0 spiro atoms. The number of nitrogens with one attached hydrogen (secondary N) is 1. The minimum Gasteiger partial charge on any atom is -0.494 e. The molecule has 0 radical (unpaired) electrons. The van der Waals surface area contributed by atoms with Crippen LogP contribution in [0.2, 0.25) is 0 Å². The summed E-state index contributed by atoms with van der Waals surface area (Å²) in [5, 5.41) is 24.6. The molecule has 0 bridgehead atoms. The lowest BCUT2D eigenvalue weighted by Gasteiger charge is -2.02. The number of amides is 1. The number of hydrogen-bond acceptors (Lipinski definition) is 8. The van der Waals surface area contributed by atoms with Gasteiger partial charge < -0.3 is 4.74 Å². The van der Waals surface area contributed by atoms with Gasteiger partial charge in [0.05, 0.1) is 33.3 Å². The Hall–Kier alpha value is -3.60. The molecule has 0 aliphatic heterocycles. The molecule has 0 atom stereocenters. The largest absolute Gasteiger partial charge is 0.494 e. The van der Waals surface area contributed by atoms with Crippen LogP contribution in [0.15, 0.2) is 36.4 Å². The van der Waals surface area contributed by atoms with Crippen LogP contribution < -0.4 is 10.1 Å². The monoisotopic (exact) mass is 374 g/mol. The van der Waals surface area contributed by atoms with Crippen molar-refractivity contribution in [1.82, 2.24) is 4.98 Å². The minimum atomic E-state index is -0.799. The van der Waals surface area contributed by atoms with E-state index in [9.17, 15) is 25.0 Å². The number of hydrogen-bond donors (Lipinski definition) is 1. The molecule has 132 valence electrons. The van der Waals surface area contributed by atoms with E-state index in [0.29, 0.717) is 11.3 Å². The van der Waals surface area contributed by atoms with E-state index in [1.54, 1.807) is 18.2 Å². The summed E-state index contributed by atoms with van der Waals surface area (Å²) < 4.78 is 5.96. The molecule has 1 amide bonds. The van der Waals surface area contributed by atoms with Crippen molar-refractivity contribution >= 4 is 44.0 Å². The summed E-state index contributed by atoms with van der Waals surface area (Å²) in [6.45, 7) is 0. The molecule has 11 heteroatoms. The van der Waals surface area contributed by atoms with Gasteiger partial charge in [0.25, 0.3) is 17.3 Å². The Morgan fingerprint density at radius 2 is 1.81 bits per heavy atom. The van der Waals surface area contributed by atoms with Crippen LogP contribution in [0.5, 0.6) is 5.75 Å². The second-order valence-electron chi connectivity index (χ2n) is 5.03. The van der Waals surface area contributed by atoms with Crippen LogP contribution in [-0.2, 0) is 0 Å². The van der Waals surface area contributed by atoms with Gasteiger partial charge in [-0.3, -0.25) is 30.3 Å². The first-order chi connectivity index (χ1) is 12.4. The average Bonchev–Trinajstić information content (AvgIpc) is 3.03. The zero-order chi connectivity index (χ0) is 18.8. The molecule has 0 aliphatic rings. The van der Waals surface area contributed by atoms with Crippen molar-refractivity contribution in [3.8, 4) is 5.75 Å². The number of ether oxygens (including phenoxy) is 1. The third-order valence-electron chi connectivity index (χ3n) is 3.41. The van der Waals surface area contributed by atoms with Gasteiger partial charge in [0, 0.05) is 12.1 Å². The topological polar surface area (TPSA) is 138 Å². The summed E-state index contributed by atoms with van der Waals surface area (Å²) in [7, 11) is 1.49. The highest BCUT2D eigenvalue weighted by molar-refractivity contribution is 7.22. The number of carbonyl (C=O) groups is 1. The smallest absolute Gasteiger partial charge is 0.277 e. The van der Waals surface area contributed by atoms with Crippen LogP contribution in [0.4, 0.5) is 16.5 Å². The van der Waals surface area contributed by atoms with E-state index in [2.05, 4.69) is 10.3 Å². The van der Waals surface area contributed by atoms with Gasteiger partial charge >= 0.3 is 0 Å². The number of anilines is 1. The first kappa shape index (κ1) is 17.2. The Morgan fingerprint density at radius 1 is 1.15 bits per heavy atom. The second-order valence-corrected chi connectivity index (χ2v) is 6.06. The summed E-state index contributed by atoms with van der Waals surface area (Å²) in [6, 6.07) is 8.02. The second kappa shape index (κ2) is 6.72. The number of aromatic nitrogens is 1. The molecule has 26 heavy (non-hydrogen) atoms. The number of nitrogens with zero attached hydrogens (tertiary/aromatic N) is 3. The van der Waals surface area contributed by atoms with Gasteiger partial charge in [-0.15, -0.1) is 0 Å². The van der Waals surface area contributed by atoms with Crippen molar-refractivity contribution in [3.05, 3.63) is 62.2 Å². The number of nitro groups is 2. The van der Waals surface area contributed by atoms with E-state index < -0.39 is 27.1 Å². The van der Waals surface area contributed by atoms with Crippen LogP contribution >= 0.6 is 11.3 Å². The first-order valence-corrected chi connectivity index (χ1v) is 7.89. The number of para-hydroxylation sites is 1. The van der Waals surface area contributed by atoms with E-state index in [0.717, 1.165) is 22.9 Å². The van der Waals surface area contributed by atoms with Crippen molar-refractivity contribution in [2.45, 2.75) is 0 Å². The van der Waals surface area contributed by atoms with E-state index in [4.69, 9.17) is 4.74 Å². The van der Waals surface area contributed by atoms with Crippen molar-refractivity contribution in [1.29, 1.82) is 0 Å². The normalized spacial score (nSPS) is 10.5. The average molecular weight is 374 g/mol. The number of non-ortho nitro benzene ring substituents is 2. The molecule has 1 heterocycles. The lowest BCUT2D eigenvalue weighted by molar-refractivity contribution is -0.394. The van der Waals surface area contributed by atoms with Gasteiger partial charge in [-0.05, 0) is 12.1 Å². The fourth-order valence-corrected chi connectivity index (χ4v) is 3.13. The number of benzene rings is 2. The van der Waals surface area contributed by atoms with Crippen molar-refractivity contribution < 1.29 is 19.4 Å². The summed E-state index contributed by atoms with van der Waals surface area (Å²) in [6.07, 6.45) is 0. The number of carbonyl (C=O) groups excluding carboxylic acids is 1. The predicted molar refractivity (Wildman–Crippen MR) is 93.9 cm³/mol. The minimum absolute atomic E-state index is 0.211. The number of rotatable bonds is 5. The lowest BCUT2D eigenvalue weighted by Crippen LogP contribution is -2.12. The maximum atomic E-state index is 12.4. The van der Waals surface area contributed by atoms with E-state index in [1.807, 2.05) is 0 Å². The Labute approximate surface area is 149 Å². The van der Waals surface area contributed by atoms with Crippen molar-refractivity contribution in [3.63, 3.8) is 0 Å². The quantitative estimate of drug-likeness (QED) is 0.533. The van der Waals surface area contributed by atoms with Crippen LogP contribution in [0.3, 0.4) is 0 Å². The Bertz CT molecular complexity index is 1020. The van der Waals surface area contributed by atoms with Gasteiger partial charge in [-0.25, -0.2) is 4.98 Å². The molecule has 3 aromatic rings. The summed E-state index contributed by atoms with van der Waals surface area (Å²) >= 11 is 1.18. The molecule has 0 saturated heterocycles. The van der Waals surface area contributed by atoms with Crippen molar-refractivity contribution in [2.75, 3.05) is 12.4 Å². The molecule has 0 unspecified atom stereocenters. The van der Waals surface area contributed by atoms with Gasteiger partial charge in [0.15, 0.2) is 5.13 Å². The molecule has 1 N–H and O–H groups in total. The molecule has 0 aliphatic carbocycles. The SMILES string of the molecule is COc1cccc2sc(NC(=O)c3cc([N+](=O)[O-])cc([N+](=O)[O-])c3)nc12.